The topological polar surface area (TPSA) is 36.9 Å². The lowest BCUT2D eigenvalue weighted by Gasteiger charge is -2.28. The Morgan fingerprint density at radius 2 is 0.692 bits per heavy atom. The maximum Gasteiger partial charge on any atom is 0.266 e. The maximum absolute atomic E-state index is 6.81. The Morgan fingerprint density at radius 1 is 0.346 bits per heavy atom. The minimum absolute atomic E-state index is 0.384. The molecular formula is C46H32O4P2. The van der Waals surface area contributed by atoms with Gasteiger partial charge in [-0.3, -0.25) is 0 Å². The average Bonchev–Trinajstić information content (AvgIpc) is 3.21. The highest BCUT2D eigenvalue weighted by molar-refractivity contribution is 7.57. The van der Waals surface area contributed by atoms with Crippen molar-refractivity contribution in [3.8, 4) is 44.9 Å². The van der Waals surface area contributed by atoms with Crippen LogP contribution in [0, 0.1) is 0 Å². The van der Waals surface area contributed by atoms with E-state index in [-0.39, 0.29) is 0 Å². The summed E-state index contributed by atoms with van der Waals surface area (Å²) in [6.45, 7) is 0.769. The van der Waals surface area contributed by atoms with Crippen molar-refractivity contribution in [3.05, 3.63) is 181 Å². The van der Waals surface area contributed by atoms with Gasteiger partial charge in [0, 0.05) is 11.1 Å². The van der Waals surface area contributed by atoms with E-state index in [1.807, 2.05) is 24.3 Å². The molecule has 0 saturated heterocycles. The molecule has 0 saturated carbocycles. The van der Waals surface area contributed by atoms with Gasteiger partial charge in [-0.1, -0.05) is 121 Å². The molecular weight excluding hydrogens is 678 g/mol. The molecule has 250 valence electrons. The molecule has 10 rings (SSSR count). The van der Waals surface area contributed by atoms with Crippen LogP contribution in [-0.2, 0) is 22.3 Å². The lowest BCUT2D eigenvalue weighted by Crippen LogP contribution is -2.16. The summed E-state index contributed by atoms with van der Waals surface area (Å²) in [6.07, 6.45) is 0. The number of hydrogen-bond donors (Lipinski definition) is 0. The predicted molar refractivity (Wildman–Crippen MR) is 215 cm³/mol. The Bertz CT molecular complexity index is 2450. The molecule has 2 aliphatic heterocycles. The lowest BCUT2D eigenvalue weighted by atomic mass is 9.91. The van der Waals surface area contributed by atoms with Crippen molar-refractivity contribution in [2.45, 2.75) is 13.2 Å². The quantitative estimate of drug-likeness (QED) is 0.154. The minimum atomic E-state index is -1.36. The van der Waals surface area contributed by atoms with Crippen molar-refractivity contribution < 1.29 is 18.1 Å². The first-order valence-corrected chi connectivity index (χ1v) is 19.7. The summed E-state index contributed by atoms with van der Waals surface area (Å²) >= 11 is 0. The standard InChI is InChI=1S/C46H32O4P2/c1-3-15-33-27-41(35(25-31(33)13-1)29-47-51-45-23-11-7-19-39(45)37-17-5-9-21-43(37)49-51)42-28-34-16-4-2-14-32(34)26-36(42)30-48-52-46-24-12-8-20-40(46)38-18-6-10-22-44(38)50-52/h1-28H,29-30H2. The Balaban J connectivity index is 1.04. The predicted octanol–water partition coefficient (Wildman–Crippen LogP) is 12.1. The Morgan fingerprint density at radius 3 is 1.13 bits per heavy atom. The molecule has 8 aromatic rings. The number of benzene rings is 8. The molecule has 2 unspecified atom stereocenters. The van der Waals surface area contributed by atoms with Crippen LogP contribution < -0.4 is 19.7 Å². The van der Waals surface area contributed by atoms with E-state index in [0.29, 0.717) is 13.2 Å². The number of rotatable bonds is 7. The zero-order chi connectivity index (χ0) is 34.4. The van der Waals surface area contributed by atoms with E-state index in [1.165, 1.54) is 32.7 Å². The molecule has 0 N–H and O–H groups in total. The van der Waals surface area contributed by atoms with Gasteiger partial charge in [-0.25, -0.2) is 0 Å². The normalized spacial score (nSPS) is 15.5. The van der Waals surface area contributed by atoms with Crippen LogP contribution in [0.4, 0.5) is 0 Å². The van der Waals surface area contributed by atoms with Gasteiger partial charge in [0.15, 0.2) is 0 Å². The second kappa shape index (κ2) is 13.3. The van der Waals surface area contributed by atoms with E-state index >= 15 is 0 Å². The molecule has 2 heterocycles. The van der Waals surface area contributed by atoms with Crippen molar-refractivity contribution in [3.63, 3.8) is 0 Å². The van der Waals surface area contributed by atoms with Gasteiger partial charge in [0.1, 0.15) is 11.5 Å². The van der Waals surface area contributed by atoms with E-state index in [2.05, 4.69) is 146 Å². The molecule has 0 radical (unpaired) electrons. The number of hydrogen-bond acceptors (Lipinski definition) is 4. The second-order valence-electron chi connectivity index (χ2n) is 13.0. The van der Waals surface area contributed by atoms with Crippen molar-refractivity contribution >= 4 is 48.9 Å². The van der Waals surface area contributed by atoms with Gasteiger partial charge in [0.05, 0.1) is 23.8 Å². The first-order chi connectivity index (χ1) is 25.8. The van der Waals surface area contributed by atoms with Gasteiger partial charge >= 0.3 is 0 Å². The largest absolute Gasteiger partial charge is 0.443 e. The molecule has 6 heteroatoms. The van der Waals surface area contributed by atoms with E-state index < -0.39 is 16.8 Å². The van der Waals surface area contributed by atoms with E-state index in [9.17, 15) is 0 Å². The SMILES string of the molecule is c1ccc2c(c1)OP(OCc1cc3ccccc3cc1-c1cc3ccccc3cc1COP1Oc3ccccc3-c3ccccc31)c1ccccc1-2. The number of para-hydroxylation sites is 2. The van der Waals surface area contributed by atoms with Crippen molar-refractivity contribution in [1.29, 1.82) is 0 Å². The average molecular weight is 711 g/mol. The van der Waals surface area contributed by atoms with Crippen LogP contribution in [0.1, 0.15) is 11.1 Å². The lowest BCUT2D eigenvalue weighted by molar-refractivity contribution is 0.308. The Kier molecular flexibility index (Phi) is 8.05. The van der Waals surface area contributed by atoms with Crippen molar-refractivity contribution in [2.75, 3.05) is 0 Å². The first-order valence-electron chi connectivity index (χ1n) is 17.4. The Hall–Kier alpha value is -5.34. The molecule has 2 atom stereocenters. The highest BCUT2D eigenvalue weighted by Gasteiger charge is 2.30. The van der Waals surface area contributed by atoms with Gasteiger partial charge < -0.3 is 18.1 Å². The summed E-state index contributed by atoms with van der Waals surface area (Å²) in [4.78, 5) is 0. The van der Waals surface area contributed by atoms with Gasteiger partial charge in [0.25, 0.3) is 16.8 Å². The van der Waals surface area contributed by atoms with Gasteiger partial charge in [-0.15, -0.1) is 0 Å². The molecule has 2 aliphatic rings. The molecule has 0 spiro atoms. The molecule has 0 aromatic heterocycles. The van der Waals surface area contributed by atoms with Gasteiger partial charge in [0.2, 0.25) is 0 Å². The third-order valence-corrected chi connectivity index (χ3v) is 12.8. The molecule has 0 fully saturated rings. The minimum Gasteiger partial charge on any atom is -0.443 e. The van der Waals surface area contributed by atoms with Crippen molar-refractivity contribution in [1.82, 2.24) is 0 Å². The molecule has 52 heavy (non-hydrogen) atoms. The van der Waals surface area contributed by atoms with Crippen LogP contribution in [0.5, 0.6) is 11.5 Å². The van der Waals surface area contributed by atoms with Crippen LogP contribution in [0.15, 0.2) is 170 Å². The summed E-state index contributed by atoms with van der Waals surface area (Å²) in [7, 11) is -2.72. The second-order valence-corrected chi connectivity index (χ2v) is 15.9. The molecule has 0 amide bonds. The molecule has 0 aliphatic carbocycles. The van der Waals surface area contributed by atoms with E-state index in [1.54, 1.807) is 0 Å². The highest BCUT2D eigenvalue weighted by atomic mass is 31.2. The van der Waals surface area contributed by atoms with Crippen LogP contribution in [0.2, 0.25) is 0 Å². The fraction of sp³-hybridized carbons (Fsp3) is 0.0435. The monoisotopic (exact) mass is 710 g/mol. The third-order valence-electron chi connectivity index (χ3n) is 9.83. The van der Waals surface area contributed by atoms with Crippen molar-refractivity contribution in [2.24, 2.45) is 0 Å². The van der Waals surface area contributed by atoms with Gasteiger partial charge in [-0.2, -0.15) is 0 Å². The fourth-order valence-electron chi connectivity index (χ4n) is 7.30. The smallest absolute Gasteiger partial charge is 0.266 e. The Labute approximate surface area is 305 Å². The molecule has 0 bridgehead atoms. The van der Waals surface area contributed by atoms with Crippen LogP contribution in [-0.4, -0.2) is 0 Å². The van der Waals surface area contributed by atoms with Crippen LogP contribution in [0.3, 0.4) is 0 Å². The van der Waals surface area contributed by atoms with Crippen LogP contribution in [0.25, 0.3) is 54.9 Å². The third kappa shape index (κ3) is 5.66. The highest BCUT2D eigenvalue weighted by Crippen LogP contribution is 2.52. The van der Waals surface area contributed by atoms with Gasteiger partial charge in [-0.05, 0) is 103 Å². The molecule has 8 aromatic carbocycles. The maximum atomic E-state index is 6.81. The first kappa shape index (κ1) is 31.4. The van der Waals surface area contributed by atoms with Crippen LogP contribution >= 0.6 is 16.8 Å². The summed E-state index contributed by atoms with van der Waals surface area (Å²) in [5, 5.41) is 6.86. The zero-order valence-electron chi connectivity index (χ0n) is 28.1. The van der Waals surface area contributed by atoms with E-state index in [4.69, 9.17) is 18.1 Å². The zero-order valence-corrected chi connectivity index (χ0v) is 29.9. The number of fused-ring (bicyclic) bond motifs is 8. The summed E-state index contributed by atoms with van der Waals surface area (Å²) in [6, 6.07) is 59.5. The summed E-state index contributed by atoms with van der Waals surface area (Å²) < 4.78 is 26.8. The summed E-state index contributed by atoms with van der Waals surface area (Å²) in [5.74, 6) is 1.71. The summed E-state index contributed by atoms with van der Waals surface area (Å²) in [5.41, 5.74) is 8.95. The fourth-order valence-corrected chi connectivity index (χ4v) is 10.3. The molecule has 4 nitrogen and oxygen atoms in total. The van der Waals surface area contributed by atoms with E-state index in [0.717, 1.165) is 55.5 Å².